The second-order valence-corrected chi connectivity index (χ2v) is 7.80. The largest absolute Gasteiger partial charge is 0.507 e. The van der Waals surface area contributed by atoms with Crippen LogP contribution in [0.5, 0.6) is 5.75 Å². The van der Waals surface area contributed by atoms with E-state index in [1.54, 1.807) is 29.7 Å². The summed E-state index contributed by atoms with van der Waals surface area (Å²) in [7, 11) is 2.95. The number of aromatic nitrogens is 4. The van der Waals surface area contributed by atoms with Gasteiger partial charge in [-0.3, -0.25) is 18.5 Å². The molecule has 0 spiro atoms. The van der Waals surface area contributed by atoms with Crippen LogP contribution in [0.2, 0.25) is 0 Å². The lowest BCUT2D eigenvalue weighted by Gasteiger charge is -2.07. The molecule has 11 heteroatoms. The smallest absolute Gasteiger partial charge is 0.332 e. The molecule has 0 unspecified atom stereocenters. The number of hydrogen-bond donors (Lipinski definition) is 2. The van der Waals surface area contributed by atoms with Crippen LogP contribution >= 0.6 is 27.5 Å². The molecule has 2 aromatic heterocycles. The minimum absolute atomic E-state index is 0.0595. The molecule has 3 rings (SSSR count). The molecule has 0 aliphatic rings. The number of aromatic hydroxyl groups is 1. The molecule has 0 fully saturated rings. The molecule has 0 radical (unpaired) electrons. The van der Waals surface area contributed by atoms with Gasteiger partial charge >= 0.3 is 5.69 Å². The third-order valence-corrected chi connectivity index (χ3v) is 4.91. The number of hydrogen-bond acceptors (Lipinski definition) is 6. The molecular weight excluding hydrogens is 464 g/mol. The summed E-state index contributed by atoms with van der Waals surface area (Å²) >= 11 is 9.28. The Kier molecular flexibility index (Phi) is 5.94. The van der Waals surface area contributed by atoms with Crippen molar-refractivity contribution in [1.29, 1.82) is 0 Å². The Labute approximate surface area is 178 Å². The summed E-state index contributed by atoms with van der Waals surface area (Å²) in [6, 6.07) is 4.94. The van der Waals surface area contributed by atoms with Crippen molar-refractivity contribution in [2.24, 2.45) is 19.2 Å². The van der Waals surface area contributed by atoms with Gasteiger partial charge in [0, 0.05) is 35.7 Å². The van der Waals surface area contributed by atoms with Gasteiger partial charge in [0.1, 0.15) is 5.75 Å². The van der Waals surface area contributed by atoms with Crippen molar-refractivity contribution in [1.82, 2.24) is 18.7 Å². The minimum atomic E-state index is -0.481. The van der Waals surface area contributed by atoms with E-state index in [1.807, 2.05) is 0 Å². The van der Waals surface area contributed by atoms with Gasteiger partial charge in [0.15, 0.2) is 11.2 Å². The number of anilines is 1. The highest BCUT2D eigenvalue weighted by atomic mass is 79.9. The lowest BCUT2D eigenvalue weighted by Crippen LogP contribution is -2.37. The average molecular weight is 482 g/mol. The van der Waals surface area contributed by atoms with Crippen LogP contribution in [0.15, 0.2) is 48.5 Å². The Bertz CT molecular complexity index is 1270. The summed E-state index contributed by atoms with van der Waals surface area (Å²) < 4.78 is 4.68. The first kappa shape index (κ1) is 20.9. The number of rotatable bonds is 5. The SMILES string of the molecule is C/C(Cl)=C\Cn1c(N/N=C/c2cc(Br)ccc2O)nc2c1c(=O)n(C)c(=O)n2C. The Morgan fingerprint density at radius 2 is 2.07 bits per heavy atom. The van der Waals surface area contributed by atoms with Gasteiger partial charge in [-0.2, -0.15) is 10.1 Å². The number of nitrogens with zero attached hydrogens (tertiary/aromatic N) is 5. The molecule has 2 N–H and O–H groups in total. The Balaban J connectivity index is 2.11. The summed E-state index contributed by atoms with van der Waals surface area (Å²) in [5.41, 5.74) is 2.77. The molecule has 29 heavy (non-hydrogen) atoms. The van der Waals surface area contributed by atoms with Gasteiger partial charge < -0.3 is 5.11 Å². The summed E-state index contributed by atoms with van der Waals surface area (Å²) in [5.74, 6) is 0.308. The number of halogens is 2. The van der Waals surface area contributed by atoms with Crippen molar-refractivity contribution >= 4 is 50.9 Å². The van der Waals surface area contributed by atoms with Crippen molar-refractivity contribution < 1.29 is 5.11 Å². The van der Waals surface area contributed by atoms with Gasteiger partial charge in [-0.25, -0.2) is 10.2 Å². The van der Waals surface area contributed by atoms with Crippen LogP contribution in [-0.2, 0) is 20.6 Å². The zero-order valence-electron chi connectivity index (χ0n) is 15.8. The zero-order valence-corrected chi connectivity index (χ0v) is 18.2. The van der Waals surface area contributed by atoms with E-state index in [9.17, 15) is 14.7 Å². The number of imidazole rings is 1. The number of benzene rings is 1. The van der Waals surface area contributed by atoms with Crippen molar-refractivity contribution in [2.45, 2.75) is 13.5 Å². The maximum Gasteiger partial charge on any atom is 0.332 e. The number of allylic oxidation sites excluding steroid dienone is 2. The van der Waals surface area contributed by atoms with Gasteiger partial charge in [-0.1, -0.05) is 33.6 Å². The number of aryl methyl sites for hydroxylation is 1. The summed E-state index contributed by atoms with van der Waals surface area (Å²) in [4.78, 5) is 29.3. The molecule has 3 aromatic rings. The quantitative estimate of drug-likeness (QED) is 0.430. The average Bonchev–Trinajstić information content (AvgIpc) is 3.04. The van der Waals surface area contributed by atoms with E-state index in [4.69, 9.17) is 11.6 Å². The summed E-state index contributed by atoms with van der Waals surface area (Å²) in [5, 5.41) is 14.6. The summed E-state index contributed by atoms with van der Waals surface area (Å²) in [6.07, 6.45) is 3.13. The minimum Gasteiger partial charge on any atom is -0.507 e. The molecule has 0 aliphatic carbocycles. The molecule has 9 nitrogen and oxygen atoms in total. The number of phenols is 1. The van der Waals surface area contributed by atoms with Gasteiger partial charge in [0.25, 0.3) is 5.56 Å². The summed E-state index contributed by atoms with van der Waals surface area (Å²) in [6.45, 7) is 1.97. The van der Waals surface area contributed by atoms with E-state index in [-0.39, 0.29) is 29.4 Å². The lowest BCUT2D eigenvalue weighted by molar-refractivity contribution is 0.474. The van der Waals surface area contributed by atoms with Crippen LogP contribution in [0.25, 0.3) is 11.2 Å². The fourth-order valence-corrected chi connectivity index (χ4v) is 3.16. The van der Waals surface area contributed by atoms with E-state index in [1.165, 1.54) is 30.9 Å². The van der Waals surface area contributed by atoms with Crippen molar-refractivity contribution in [3.63, 3.8) is 0 Å². The molecule has 0 saturated heterocycles. The highest BCUT2D eigenvalue weighted by Gasteiger charge is 2.18. The second-order valence-electron chi connectivity index (χ2n) is 6.29. The number of phenolic OH excluding ortho intramolecular Hbond substituents is 1. The van der Waals surface area contributed by atoms with E-state index in [0.717, 1.165) is 9.04 Å². The number of fused-ring (bicyclic) bond motifs is 1. The Morgan fingerprint density at radius 3 is 2.76 bits per heavy atom. The van der Waals surface area contributed by atoms with Gasteiger partial charge in [-0.15, -0.1) is 0 Å². The molecule has 1 aromatic carbocycles. The van der Waals surface area contributed by atoms with Crippen molar-refractivity contribution in [2.75, 3.05) is 5.43 Å². The predicted molar refractivity (Wildman–Crippen MR) is 117 cm³/mol. The van der Waals surface area contributed by atoms with E-state index >= 15 is 0 Å². The maximum absolute atomic E-state index is 12.7. The molecule has 0 amide bonds. The van der Waals surface area contributed by atoms with Crippen LogP contribution in [0.4, 0.5) is 5.95 Å². The highest BCUT2D eigenvalue weighted by Crippen LogP contribution is 2.21. The molecule has 0 atom stereocenters. The van der Waals surface area contributed by atoms with E-state index in [0.29, 0.717) is 10.6 Å². The fraction of sp³-hybridized carbons (Fsp3) is 0.222. The topological polar surface area (TPSA) is 106 Å². The standard InChI is InChI=1S/C18H18BrClN6O3/c1-10(20)6-7-26-14-15(24(2)18(29)25(3)16(14)28)22-17(26)23-21-9-11-8-12(19)4-5-13(11)27/h4-6,8-9,27H,7H2,1-3H3,(H,22,23)/b10-6+,21-9+. The monoisotopic (exact) mass is 480 g/mol. The van der Waals surface area contributed by atoms with Gasteiger partial charge in [0.05, 0.1) is 6.21 Å². The number of nitrogens with one attached hydrogen (secondary N) is 1. The van der Waals surface area contributed by atoms with Gasteiger partial charge in [-0.05, 0) is 25.1 Å². The predicted octanol–water partition coefficient (Wildman–Crippen LogP) is 2.49. The lowest BCUT2D eigenvalue weighted by atomic mass is 10.2. The molecule has 2 heterocycles. The first-order valence-electron chi connectivity index (χ1n) is 8.46. The Hall–Kier alpha value is -2.85. The molecular formula is C18H18BrClN6O3. The van der Waals surface area contributed by atoms with Crippen LogP contribution in [0.3, 0.4) is 0 Å². The van der Waals surface area contributed by atoms with Crippen LogP contribution < -0.4 is 16.7 Å². The third-order valence-electron chi connectivity index (χ3n) is 4.26. The number of hydrazone groups is 1. The van der Waals surface area contributed by atoms with Crippen molar-refractivity contribution in [3.05, 3.63) is 60.2 Å². The maximum atomic E-state index is 12.7. The fourth-order valence-electron chi connectivity index (χ4n) is 2.72. The van der Waals surface area contributed by atoms with E-state index in [2.05, 4.69) is 31.4 Å². The zero-order chi connectivity index (χ0) is 21.3. The van der Waals surface area contributed by atoms with Gasteiger partial charge in [0.2, 0.25) is 5.95 Å². The third kappa shape index (κ3) is 4.13. The van der Waals surface area contributed by atoms with Crippen molar-refractivity contribution in [3.8, 4) is 5.75 Å². The van der Waals surface area contributed by atoms with Crippen LogP contribution in [0, 0.1) is 0 Å². The van der Waals surface area contributed by atoms with Crippen LogP contribution in [-0.4, -0.2) is 30.0 Å². The first-order chi connectivity index (χ1) is 13.7. The first-order valence-corrected chi connectivity index (χ1v) is 9.64. The normalized spacial score (nSPS) is 12.2. The molecule has 0 saturated carbocycles. The van der Waals surface area contributed by atoms with Crippen LogP contribution in [0.1, 0.15) is 12.5 Å². The molecule has 0 bridgehead atoms. The molecule has 152 valence electrons. The Morgan fingerprint density at radius 1 is 1.34 bits per heavy atom. The second kappa shape index (κ2) is 8.26. The molecule has 0 aliphatic heterocycles. The highest BCUT2D eigenvalue weighted by molar-refractivity contribution is 9.10. The van der Waals surface area contributed by atoms with E-state index < -0.39 is 11.2 Å².